The van der Waals surface area contributed by atoms with E-state index in [2.05, 4.69) is 21.9 Å². The first-order chi connectivity index (χ1) is 13.1. The summed E-state index contributed by atoms with van der Waals surface area (Å²) in [7, 11) is 1.55. The summed E-state index contributed by atoms with van der Waals surface area (Å²) < 4.78 is 12.9. The maximum Gasteiger partial charge on any atom is 0.216 e. The lowest BCUT2D eigenvalue weighted by Gasteiger charge is -2.11. The maximum absolute atomic E-state index is 6.32. The van der Waals surface area contributed by atoms with Crippen LogP contribution in [0.5, 0.6) is 11.5 Å². The minimum absolute atomic E-state index is 0.328. The molecule has 0 unspecified atom stereocenters. The standard InChI is InChI=1S/C19H17ClN4O2S/c1-3-9-26-17-15(20)10-13(11-16(17)25-2)12-21-24-18(22-23-19(24)27)14-7-5-4-6-8-14/h3-8,10-12H,1,9H2,2H3,(H,23,27)/b21-12-. The monoisotopic (exact) mass is 400 g/mol. The Hall–Kier alpha value is -2.90. The van der Waals surface area contributed by atoms with Crippen LogP contribution in [0.1, 0.15) is 5.56 Å². The number of nitrogens with zero attached hydrogens (tertiary/aromatic N) is 3. The molecule has 3 rings (SSSR count). The van der Waals surface area contributed by atoms with Crippen molar-refractivity contribution in [2.75, 3.05) is 13.7 Å². The molecule has 1 heterocycles. The highest BCUT2D eigenvalue weighted by Gasteiger charge is 2.12. The summed E-state index contributed by atoms with van der Waals surface area (Å²) in [6, 6.07) is 13.2. The molecule has 0 saturated heterocycles. The molecule has 6 nitrogen and oxygen atoms in total. The Morgan fingerprint density at radius 3 is 2.81 bits per heavy atom. The Labute approximate surface area is 166 Å². The largest absolute Gasteiger partial charge is 0.493 e. The van der Waals surface area contributed by atoms with Gasteiger partial charge in [-0.3, -0.25) is 0 Å². The summed E-state index contributed by atoms with van der Waals surface area (Å²) in [5, 5.41) is 11.9. The van der Waals surface area contributed by atoms with Crippen LogP contribution in [0.15, 0.2) is 60.2 Å². The van der Waals surface area contributed by atoms with E-state index in [4.69, 9.17) is 33.3 Å². The van der Waals surface area contributed by atoms with Gasteiger partial charge in [-0.1, -0.05) is 54.6 Å². The molecule has 2 aromatic carbocycles. The number of aromatic nitrogens is 3. The molecule has 0 amide bonds. The van der Waals surface area contributed by atoms with Gasteiger partial charge < -0.3 is 9.47 Å². The van der Waals surface area contributed by atoms with Crippen LogP contribution in [-0.2, 0) is 0 Å². The average Bonchev–Trinajstić information content (AvgIpc) is 3.06. The molecule has 0 radical (unpaired) electrons. The first kappa shape index (κ1) is 18.9. The zero-order valence-electron chi connectivity index (χ0n) is 14.6. The van der Waals surface area contributed by atoms with Gasteiger partial charge in [-0.2, -0.15) is 14.9 Å². The van der Waals surface area contributed by atoms with Crippen LogP contribution in [0.4, 0.5) is 0 Å². The molecular formula is C19H17ClN4O2S. The number of halogens is 1. The van der Waals surface area contributed by atoms with Crippen LogP contribution in [0, 0.1) is 4.77 Å². The van der Waals surface area contributed by atoms with Gasteiger partial charge >= 0.3 is 0 Å². The van der Waals surface area contributed by atoms with Crippen molar-refractivity contribution in [1.82, 2.24) is 14.9 Å². The Morgan fingerprint density at radius 1 is 1.33 bits per heavy atom. The van der Waals surface area contributed by atoms with Gasteiger partial charge in [0.15, 0.2) is 17.3 Å². The SMILES string of the molecule is C=CCOc1c(Cl)cc(/C=N\n2c(-c3ccccc3)n[nH]c2=S)cc1OC. The fourth-order valence-electron chi connectivity index (χ4n) is 2.39. The van der Waals surface area contributed by atoms with Crippen molar-refractivity contribution < 1.29 is 9.47 Å². The van der Waals surface area contributed by atoms with Crippen molar-refractivity contribution in [1.29, 1.82) is 0 Å². The number of benzene rings is 2. The van der Waals surface area contributed by atoms with E-state index in [0.29, 0.717) is 33.7 Å². The van der Waals surface area contributed by atoms with Crippen LogP contribution in [0.3, 0.4) is 0 Å². The summed E-state index contributed by atoms with van der Waals surface area (Å²) in [5.41, 5.74) is 1.62. The highest BCUT2D eigenvalue weighted by Crippen LogP contribution is 2.36. The van der Waals surface area contributed by atoms with Crippen molar-refractivity contribution >= 4 is 30.0 Å². The molecule has 1 N–H and O–H groups in total. The Morgan fingerprint density at radius 2 is 2.11 bits per heavy atom. The lowest BCUT2D eigenvalue weighted by Crippen LogP contribution is -1.99. The lowest BCUT2D eigenvalue weighted by atomic mass is 10.2. The summed E-state index contributed by atoms with van der Waals surface area (Å²) in [4.78, 5) is 0. The van der Waals surface area contributed by atoms with Gasteiger partial charge in [-0.15, -0.1) is 0 Å². The minimum Gasteiger partial charge on any atom is -0.493 e. The molecule has 0 spiro atoms. The number of aromatic amines is 1. The normalized spacial score (nSPS) is 10.9. The van der Waals surface area contributed by atoms with E-state index in [1.54, 1.807) is 36.2 Å². The third kappa shape index (κ3) is 4.27. The summed E-state index contributed by atoms with van der Waals surface area (Å²) in [6.07, 6.45) is 3.26. The highest BCUT2D eigenvalue weighted by atomic mass is 35.5. The zero-order chi connectivity index (χ0) is 19.2. The van der Waals surface area contributed by atoms with E-state index >= 15 is 0 Å². The number of nitrogens with one attached hydrogen (secondary N) is 1. The molecule has 0 aliphatic carbocycles. The number of hydrogen-bond donors (Lipinski definition) is 1. The second kappa shape index (κ2) is 8.66. The van der Waals surface area contributed by atoms with E-state index < -0.39 is 0 Å². The minimum atomic E-state index is 0.328. The number of rotatable bonds is 7. The van der Waals surface area contributed by atoms with E-state index in [-0.39, 0.29) is 0 Å². The average molecular weight is 401 g/mol. The van der Waals surface area contributed by atoms with E-state index in [0.717, 1.165) is 11.1 Å². The van der Waals surface area contributed by atoms with Crippen LogP contribution in [0.2, 0.25) is 5.02 Å². The smallest absolute Gasteiger partial charge is 0.216 e. The predicted octanol–water partition coefficient (Wildman–Crippen LogP) is 4.72. The predicted molar refractivity (Wildman–Crippen MR) is 110 cm³/mol. The molecular weight excluding hydrogens is 384 g/mol. The second-order valence-corrected chi connectivity index (χ2v) is 6.20. The fraction of sp³-hybridized carbons (Fsp3) is 0.105. The van der Waals surface area contributed by atoms with Crippen LogP contribution in [-0.4, -0.2) is 34.8 Å². The number of hydrogen-bond acceptors (Lipinski definition) is 5. The van der Waals surface area contributed by atoms with Gasteiger partial charge in [0, 0.05) is 5.56 Å². The Bertz CT molecular complexity index is 1030. The first-order valence-electron chi connectivity index (χ1n) is 8.02. The van der Waals surface area contributed by atoms with Crippen molar-refractivity contribution in [2.24, 2.45) is 5.10 Å². The van der Waals surface area contributed by atoms with Crippen molar-refractivity contribution in [3.05, 3.63) is 70.5 Å². The molecule has 0 aliphatic heterocycles. The second-order valence-electron chi connectivity index (χ2n) is 5.41. The van der Waals surface area contributed by atoms with Crippen molar-refractivity contribution in [3.8, 4) is 22.9 Å². The van der Waals surface area contributed by atoms with Crippen LogP contribution < -0.4 is 9.47 Å². The van der Waals surface area contributed by atoms with Crippen LogP contribution >= 0.6 is 23.8 Å². The summed E-state index contributed by atoms with van der Waals surface area (Å²) in [5.74, 6) is 1.58. The molecule has 0 fully saturated rings. The van der Waals surface area contributed by atoms with Gasteiger partial charge in [0.1, 0.15) is 6.61 Å². The summed E-state index contributed by atoms with van der Waals surface area (Å²) in [6.45, 7) is 3.95. The molecule has 138 valence electrons. The van der Waals surface area contributed by atoms with Gasteiger partial charge in [-0.25, -0.2) is 5.10 Å². The third-order valence-corrected chi connectivity index (χ3v) is 4.15. The molecule has 3 aromatic rings. The molecule has 1 aromatic heterocycles. The number of H-pyrrole nitrogens is 1. The van der Waals surface area contributed by atoms with Crippen molar-refractivity contribution in [2.45, 2.75) is 0 Å². The molecule has 27 heavy (non-hydrogen) atoms. The highest BCUT2D eigenvalue weighted by molar-refractivity contribution is 7.71. The maximum atomic E-state index is 6.32. The molecule has 0 atom stereocenters. The molecule has 0 saturated carbocycles. The first-order valence-corrected chi connectivity index (χ1v) is 8.81. The fourth-order valence-corrected chi connectivity index (χ4v) is 2.85. The lowest BCUT2D eigenvalue weighted by molar-refractivity contribution is 0.326. The van der Waals surface area contributed by atoms with Gasteiger partial charge in [0.25, 0.3) is 0 Å². The Balaban J connectivity index is 1.96. The van der Waals surface area contributed by atoms with E-state index in [1.807, 2.05) is 30.3 Å². The Kier molecular flexibility index (Phi) is 6.05. The number of ether oxygens (including phenoxy) is 2. The number of methoxy groups -OCH3 is 1. The molecule has 0 bridgehead atoms. The van der Waals surface area contributed by atoms with E-state index in [1.165, 1.54) is 0 Å². The quantitative estimate of drug-likeness (QED) is 0.354. The van der Waals surface area contributed by atoms with Crippen LogP contribution in [0.25, 0.3) is 11.4 Å². The summed E-state index contributed by atoms with van der Waals surface area (Å²) >= 11 is 11.6. The van der Waals surface area contributed by atoms with Gasteiger partial charge in [0.2, 0.25) is 4.77 Å². The van der Waals surface area contributed by atoms with Gasteiger partial charge in [-0.05, 0) is 29.9 Å². The van der Waals surface area contributed by atoms with Crippen molar-refractivity contribution in [3.63, 3.8) is 0 Å². The third-order valence-electron chi connectivity index (χ3n) is 3.60. The topological polar surface area (TPSA) is 64.4 Å². The molecule has 8 heteroatoms. The van der Waals surface area contributed by atoms with E-state index in [9.17, 15) is 0 Å². The molecule has 0 aliphatic rings. The zero-order valence-corrected chi connectivity index (χ0v) is 16.1. The van der Waals surface area contributed by atoms with Gasteiger partial charge in [0.05, 0.1) is 18.3 Å².